The Kier molecular flexibility index (Phi) is 2.56. The van der Waals surface area contributed by atoms with Crippen LogP contribution in [0.25, 0.3) is 28.1 Å². The number of nitrogens with zero attached hydrogens (tertiary/aromatic N) is 2. The van der Waals surface area contributed by atoms with Gasteiger partial charge >= 0.3 is 0 Å². The van der Waals surface area contributed by atoms with Crippen LogP contribution in [0.5, 0.6) is 0 Å². The number of aromatic nitrogens is 2. The average molecular weight is 234 g/mol. The molecule has 0 N–H and O–H groups in total. The Morgan fingerprint density at radius 3 is 2.22 bits per heavy atom. The van der Waals surface area contributed by atoms with Crippen LogP contribution in [-0.2, 0) is 0 Å². The Hall–Kier alpha value is -2.22. The summed E-state index contributed by atoms with van der Waals surface area (Å²) < 4.78 is 0. The standard InChI is InChI=1S/C16H14N2/c1-3-4-12-6-8-14-16(10-12)18-13-7-5-11(2)9-15(13)17-14/h3-10H,1-2H3/b4-3+. The number of hydrogen-bond acceptors (Lipinski definition) is 2. The molecule has 0 atom stereocenters. The third-order valence-electron chi connectivity index (χ3n) is 2.97. The predicted molar refractivity (Wildman–Crippen MR) is 76.5 cm³/mol. The van der Waals surface area contributed by atoms with Crippen molar-refractivity contribution in [2.75, 3.05) is 0 Å². The molecule has 0 saturated carbocycles. The summed E-state index contributed by atoms with van der Waals surface area (Å²) in [5, 5.41) is 0. The van der Waals surface area contributed by atoms with Gasteiger partial charge in [0.1, 0.15) is 0 Å². The van der Waals surface area contributed by atoms with Crippen LogP contribution in [0.3, 0.4) is 0 Å². The maximum absolute atomic E-state index is 4.67. The number of fused-ring (bicyclic) bond motifs is 2. The van der Waals surface area contributed by atoms with Crippen LogP contribution in [-0.4, -0.2) is 9.97 Å². The number of aryl methyl sites for hydroxylation is 1. The van der Waals surface area contributed by atoms with E-state index in [-0.39, 0.29) is 0 Å². The first-order chi connectivity index (χ1) is 8.76. The second-order valence-electron chi connectivity index (χ2n) is 4.46. The van der Waals surface area contributed by atoms with E-state index in [1.54, 1.807) is 0 Å². The lowest BCUT2D eigenvalue weighted by atomic mass is 10.1. The van der Waals surface area contributed by atoms with Gasteiger partial charge in [-0.25, -0.2) is 9.97 Å². The Bertz CT molecular complexity index is 757. The monoisotopic (exact) mass is 234 g/mol. The summed E-state index contributed by atoms with van der Waals surface area (Å²) in [6.45, 7) is 4.08. The first-order valence-corrected chi connectivity index (χ1v) is 6.07. The molecular weight excluding hydrogens is 220 g/mol. The molecule has 0 aliphatic heterocycles. The third kappa shape index (κ3) is 1.86. The van der Waals surface area contributed by atoms with E-state index in [0.29, 0.717) is 0 Å². The predicted octanol–water partition coefficient (Wildman–Crippen LogP) is 4.12. The van der Waals surface area contributed by atoms with Crippen LogP contribution in [0.2, 0.25) is 0 Å². The Labute approximate surface area is 106 Å². The molecule has 0 amide bonds. The highest BCUT2D eigenvalue weighted by molar-refractivity contribution is 5.87. The van der Waals surface area contributed by atoms with Gasteiger partial charge in [0, 0.05) is 0 Å². The average Bonchev–Trinajstić information content (AvgIpc) is 2.37. The first-order valence-electron chi connectivity index (χ1n) is 6.07. The smallest absolute Gasteiger partial charge is 0.0900 e. The summed E-state index contributed by atoms with van der Waals surface area (Å²) in [7, 11) is 0. The molecule has 0 unspecified atom stereocenters. The number of hydrogen-bond donors (Lipinski definition) is 0. The highest BCUT2D eigenvalue weighted by atomic mass is 14.8. The van der Waals surface area contributed by atoms with Crippen LogP contribution in [0, 0.1) is 6.92 Å². The fourth-order valence-electron chi connectivity index (χ4n) is 2.10. The molecule has 0 bridgehead atoms. The number of rotatable bonds is 1. The highest BCUT2D eigenvalue weighted by Gasteiger charge is 2.02. The van der Waals surface area contributed by atoms with E-state index in [9.17, 15) is 0 Å². The Morgan fingerprint density at radius 2 is 1.50 bits per heavy atom. The minimum atomic E-state index is 0.946. The van der Waals surface area contributed by atoms with Gasteiger partial charge in [0.15, 0.2) is 0 Å². The maximum atomic E-state index is 4.67. The molecule has 2 aromatic carbocycles. The lowest BCUT2D eigenvalue weighted by Crippen LogP contribution is -1.88. The summed E-state index contributed by atoms with van der Waals surface area (Å²) >= 11 is 0. The topological polar surface area (TPSA) is 25.8 Å². The lowest BCUT2D eigenvalue weighted by molar-refractivity contribution is 1.37. The van der Waals surface area contributed by atoms with E-state index in [2.05, 4.69) is 47.2 Å². The van der Waals surface area contributed by atoms with E-state index >= 15 is 0 Å². The van der Waals surface area contributed by atoms with Gasteiger partial charge in [-0.2, -0.15) is 0 Å². The highest BCUT2D eigenvalue weighted by Crippen LogP contribution is 2.18. The molecule has 0 aliphatic carbocycles. The summed E-state index contributed by atoms with van der Waals surface area (Å²) in [5.41, 5.74) is 6.17. The Morgan fingerprint density at radius 1 is 0.833 bits per heavy atom. The van der Waals surface area contributed by atoms with Crippen LogP contribution in [0.1, 0.15) is 18.1 Å². The van der Waals surface area contributed by atoms with Crippen molar-refractivity contribution in [1.82, 2.24) is 9.97 Å². The molecule has 2 nitrogen and oxygen atoms in total. The molecule has 0 saturated heterocycles. The second kappa shape index (κ2) is 4.22. The van der Waals surface area contributed by atoms with Crippen LogP contribution in [0.4, 0.5) is 0 Å². The van der Waals surface area contributed by atoms with Gasteiger partial charge in [0.05, 0.1) is 22.1 Å². The van der Waals surface area contributed by atoms with E-state index in [4.69, 9.17) is 0 Å². The van der Waals surface area contributed by atoms with Gasteiger partial charge in [-0.05, 0) is 49.2 Å². The maximum Gasteiger partial charge on any atom is 0.0900 e. The molecule has 0 spiro atoms. The van der Waals surface area contributed by atoms with E-state index < -0.39 is 0 Å². The molecule has 18 heavy (non-hydrogen) atoms. The third-order valence-corrected chi connectivity index (χ3v) is 2.97. The molecule has 3 rings (SSSR count). The number of allylic oxidation sites excluding steroid dienone is 1. The van der Waals surface area contributed by atoms with Crippen LogP contribution >= 0.6 is 0 Å². The lowest BCUT2D eigenvalue weighted by Gasteiger charge is -2.03. The molecule has 1 aromatic heterocycles. The summed E-state index contributed by atoms with van der Waals surface area (Å²) in [6.07, 6.45) is 4.10. The van der Waals surface area contributed by atoms with Gasteiger partial charge < -0.3 is 0 Å². The van der Waals surface area contributed by atoms with Crippen LogP contribution < -0.4 is 0 Å². The minimum absolute atomic E-state index is 0.946. The molecule has 3 aromatic rings. The van der Waals surface area contributed by atoms with Crippen molar-refractivity contribution in [3.8, 4) is 0 Å². The molecule has 88 valence electrons. The van der Waals surface area contributed by atoms with Gasteiger partial charge in [-0.15, -0.1) is 0 Å². The van der Waals surface area contributed by atoms with Gasteiger partial charge in [-0.3, -0.25) is 0 Å². The molecular formula is C16H14N2. The fourth-order valence-corrected chi connectivity index (χ4v) is 2.10. The zero-order chi connectivity index (χ0) is 12.5. The van der Waals surface area contributed by atoms with Gasteiger partial charge in [-0.1, -0.05) is 24.3 Å². The molecule has 1 heterocycles. The molecule has 0 radical (unpaired) electrons. The van der Waals surface area contributed by atoms with E-state index in [0.717, 1.165) is 27.6 Å². The normalized spacial score (nSPS) is 11.7. The zero-order valence-electron chi connectivity index (χ0n) is 10.5. The fraction of sp³-hybridized carbons (Fsp3) is 0.125. The summed E-state index contributed by atoms with van der Waals surface area (Å²) in [5.74, 6) is 0. The van der Waals surface area contributed by atoms with Crippen molar-refractivity contribution < 1.29 is 0 Å². The van der Waals surface area contributed by atoms with E-state index in [1.807, 2.05) is 25.1 Å². The van der Waals surface area contributed by atoms with Crippen molar-refractivity contribution in [3.05, 3.63) is 53.6 Å². The molecule has 2 heteroatoms. The SMILES string of the molecule is C/C=C/c1ccc2nc3cc(C)ccc3nc2c1. The first kappa shape index (κ1) is 10.9. The van der Waals surface area contributed by atoms with Gasteiger partial charge in [0.25, 0.3) is 0 Å². The van der Waals surface area contributed by atoms with Crippen molar-refractivity contribution in [3.63, 3.8) is 0 Å². The van der Waals surface area contributed by atoms with Crippen LogP contribution in [0.15, 0.2) is 42.5 Å². The quantitative estimate of drug-likeness (QED) is 0.592. The van der Waals surface area contributed by atoms with Crippen molar-refractivity contribution in [1.29, 1.82) is 0 Å². The summed E-state index contributed by atoms with van der Waals surface area (Å²) in [4.78, 5) is 9.32. The van der Waals surface area contributed by atoms with Crippen molar-refractivity contribution in [2.45, 2.75) is 13.8 Å². The van der Waals surface area contributed by atoms with Crippen molar-refractivity contribution in [2.24, 2.45) is 0 Å². The second-order valence-corrected chi connectivity index (χ2v) is 4.46. The Balaban J connectivity index is 2.30. The zero-order valence-corrected chi connectivity index (χ0v) is 10.5. The van der Waals surface area contributed by atoms with E-state index in [1.165, 1.54) is 5.56 Å². The molecule has 0 aliphatic rings. The summed E-state index contributed by atoms with van der Waals surface area (Å²) in [6, 6.07) is 12.3. The van der Waals surface area contributed by atoms with Gasteiger partial charge in [0.2, 0.25) is 0 Å². The van der Waals surface area contributed by atoms with Crippen molar-refractivity contribution >= 4 is 28.1 Å². The largest absolute Gasteiger partial charge is 0.244 e. The molecule has 0 fully saturated rings. The minimum Gasteiger partial charge on any atom is -0.244 e. The number of benzene rings is 2.